The van der Waals surface area contributed by atoms with E-state index in [0.29, 0.717) is 17.7 Å². The van der Waals surface area contributed by atoms with Crippen LogP contribution in [0.3, 0.4) is 0 Å². The van der Waals surface area contributed by atoms with E-state index >= 15 is 0 Å². The van der Waals surface area contributed by atoms with Crippen molar-refractivity contribution in [2.75, 3.05) is 0 Å². The molecule has 3 rings (SSSR count). The Morgan fingerprint density at radius 3 is 2.64 bits per heavy atom. The van der Waals surface area contributed by atoms with Crippen LogP contribution in [0.25, 0.3) is 0 Å². The van der Waals surface area contributed by atoms with Crippen molar-refractivity contribution >= 4 is 11.3 Å². The third kappa shape index (κ3) is 3.71. The van der Waals surface area contributed by atoms with Gasteiger partial charge in [-0.25, -0.2) is 4.79 Å². The number of thiophene rings is 1. The van der Waals surface area contributed by atoms with Gasteiger partial charge in [-0.1, -0.05) is 19.9 Å². The van der Waals surface area contributed by atoms with E-state index in [1.807, 2.05) is 37.4 Å². The highest BCUT2D eigenvalue weighted by Crippen LogP contribution is 2.36. The molecule has 0 aliphatic heterocycles. The van der Waals surface area contributed by atoms with Crippen LogP contribution in [-0.4, -0.2) is 5.11 Å². The van der Waals surface area contributed by atoms with Gasteiger partial charge in [-0.05, 0) is 42.3 Å². The monoisotopic (exact) mass is 358 g/mol. The smallest absolute Gasteiger partial charge is 0.343 e. The normalized spacial score (nSPS) is 13.7. The summed E-state index contributed by atoms with van der Waals surface area (Å²) in [6.45, 7) is 4.04. The first-order valence-electron chi connectivity index (χ1n) is 8.55. The SMILES string of the molecule is CCC(Cc1ccoc1)c1cc(O)c(C(CC)c2cccs2)c(=O)o1. The number of aromatic hydroxyl groups is 1. The molecule has 132 valence electrons. The summed E-state index contributed by atoms with van der Waals surface area (Å²) in [6.07, 6.45) is 5.56. The number of furan rings is 1. The topological polar surface area (TPSA) is 63.6 Å². The maximum atomic E-state index is 12.6. The largest absolute Gasteiger partial charge is 0.507 e. The van der Waals surface area contributed by atoms with Crippen LogP contribution in [0.5, 0.6) is 5.75 Å². The molecule has 3 aromatic rings. The first-order valence-corrected chi connectivity index (χ1v) is 9.43. The second-order valence-corrected chi connectivity index (χ2v) is 7.13. The van der Waals surface area contributed by atoms with Crippen LogP contribution in [0.2, 0.25) is 0 Å². The molecule has 0 aromatic carbocycles. The minimum atomic E-state index is -0.444. The Hall–Kier alpha value is -2.27. The molecule has 0 spiro atoms. The molecule has 3 aromatic heterocycles. The van der Waals surface area contributed by atoms with E-state index in [4.69, 9.17) is 8.83 Å². The maximum Gasteiger partial charge on any atom is 0.343 e. The molecule has 0 radical (unpaired) electrons. The van der Waals surface area contributed by atoms with Crippen LogP contribution in [0.1, 0.15) is 60.3 Å². The van der Waals surface area contributed by atoms with E-state index in [-0.39, 0.29) is 17.6 Å². The fraction of sp³-hybridized carbons (Fsp3) is 0.350. The van der Waals surface area contributed by atoms with Crippen molar-refractivity contribution in [1.29, 1.82) is 0 Å². The van der Waals surface area contributed by atoms with Crippen molar-refractivity contribution in [3.05, 3.63) is 74.4 Å². The zero-order chi connectivity index (χ0) is 17.8. The number of hydrogen-bond acceptors (Lipinski definition) is 5. The van der Waals surface area contributed by atoms with Crippen LogP contribution in [0.15, 0.2) is 55.8 Å². The molecule has 2 unspecified atom stereocenters. The second kappa shape index (κ2) is 7.74. The van der Waals surface area contributed by atoms with Gasteiger partial charge < -0.3 is 13.9 Å². The van der Waals surface area contributed by atoms with E-state index in [2.05, 4.69) is 0 Å². The molecule has 2 atom stereocenters. The summed E-state index contributed by atoms with van der Waals surface area (Å²) >= 11 is 1.58. The van der Waals surface area contributed by atoms with Gasteiger partial charge in [0.15, 0.2) is 0 Å². The van der Waals surface area contributed by atoms with Gasteiger partial charge in [0.1, 0.15) is 11.5 Å². The van der Waals surface area contributed by atoms with E-state index in [1.54, 1.807) is 29.9 Å². The molecule has 1 N–H and O–H groups in total. The van der Waals surface area contributed by atoms with Gasteiger partial charge in [-0.2, -0.15) is 0 Å². The summed E-state index contributed by atoms with van der Waals surface area (Å²) in [5.74, 6) is 0.430. The Kier molecular flexibility index (Phi) is 5.43. The quantitative estimate of drug-likeness (QED) is 0.624. The van der Waals surface area contributed by atoms with Crippen LogP contribution in [-0.2, 0) is 6.42 Å². The Labute approximate surface area is 150 Å². The molecule has 0 amide bonds. The van der Waals surface area contributed by atoms with Crippen LogP contribution in [0.4, 0.5) is 0 Å². The zero-order valence-electron chi connectivity index (χ0n) is 14.4. The molecule has 0 aliphatic rings. The molecule has 0 saturated heterocycles. The summed E-state index contributed by atoms with van der Waals surface area (Å²) in [5.41, 5.74) is 0.954. The molecular weight excluding hydrogens is 336 g/mol. The average molecular weight is 358 g/mol. The van der Waals surface area contributed by atoms with Gasteiger partial charge in [-0.15, -0.1) is 11.3 Å². The van der Waals surface area contributed by atoms with Gasteiger partial charge in [-0.3, -0.25) is 0 Å². The lowest BCUT2D eigenvalue weighted by Crippen LogP contribution is -2.15. The molecule has 0 fully saturated rings. The highest BCUT2D eigenvalue weighted by atomic mass is 32.1. The van der Waals surface area contributed by atoms with Crippen molar-refractivity contribution in [2.24, 2.45) is 0 Å². The predicted molar refractivity (Wildman–Crippen MR) is 98.5 cm³/mol. The molecule has 0 aliphatic carbocycles. The summed E-state index contributed by atoms with van der Waals surface area (Å²) in [7, 11) is 0. The lowest BCUT2D eigenvalue weighted by atomic mass is 9.92. The molecular formula is C20H22O4S. The van der Waals surface area contributed by atoms with Crippen LogP contribution >= 0.6 is 11.3 Å². The third-order valence-electron chi connectivity index (χ3n) is 4.59. The Bertz CT molecular complexity index is 846. The first kappa shape index (κ1) is 17.5. The van der Waals surface area contributed by atoms with Crippen molar-refractivity contribution < 1.29 is 13.9 Å². The molecule has 4 nitrogen and oxygen atoms in total. The van der Waals surface area contributed by atoms with E-state index in [1.165, 1.54) is 0 Å². The molecule has 25 heavy (non-hydrogen) atoms. The lowest BCUT2D eigenvalue weighted by molar-refractivity contribution is 0.381. The molecule has 0 saturated carbocycles. The van der Waals surface area contributed by atoms with Crippen molar-refractivity contribution in [3.63, 3.8) is 0 Å². The lowest BCUT2D eigenvalue weighted by Gasteiger charge is -2.17. The van der Waals surface area contributed by atoms with Gasteiger partial charge in [0.05, 0.1) is 18.1 Å². The second-order valence-electron chi connectivity index (χ2n) is 6.15. The minimum Gasteiger partial charge on any atom is -0.507 e. The molecule has 0 bridgehead atoms. The Morgan fingerprint density at radius 1 is 1.24 bits per heavy atom. The Morgan fingerprint density at radius 2 is 2.08 bits per heavy atom. The maximum absolute atomic E-state index is 12.6. The number of hydrogen-bond donors (Lipinski definition) is 1. The van der Waals surface area contributed by atoms with Crippen molar-refractivity contribution in [1.82, 2.24) is 0 Å². The standard InChI is InChI=1S/C20H22O4S/c1-3-14(10-13-7-8-23-12-13)17-11-16(21)19(20(22)24-17)15(4-2)18-6-5-9-25-18/h5-9,11-12,14-15,21H,3-4,10H2,1-2H3. The van der Waals surface area contributed by atoms with E-state index in [0.717, 1.165) is 23.3 Å². The van der Waals surface area contributed by atoms with Gasteiger partial charge in [0, 0.05) is 22.8 Å². The number of rotatable bonds is 7. The Balaban J connectivity index is 1.95. The summed E-state index contributed by atoms with van der Waals surface area (Å²) in [5, 5.41) is 12.5. The fourth-order valence-electron chi connectivity index (χ4n) is 3.21. The highest BCUT2D eigenvalue weighted by molar-refractivity contribution is 7.10. The van der Waals surface area contributed by atoms with Crippen LogP contribution in [0, 0.1) is 0 Å². The van der Waals surface area contributed by atoms with Crippen molar-refractivity contribution in [3.8, 4) is 5.75 Å². The first-order chi connectivity index (χ1) is 12.1. The summed E-state index contributed by atoms with van der Waals surface area (Å²) < 4.78 is 10.7. The third-order valence-corrected chi connectivity index (χ3v) is 5.57. The zero-order valence-corrected chi connectivity index (χ0v) is 15.2. The molecule has 5 heteroatoms. The summed E-state index contributed by atoms with van der Waals surface area (Å²) in [6, 6.07) is 7.45. The van der Waals surface area contributed by atoms with Gasteiger partial charge in [0.25, 0.3) is 0 Å². The fourth-order valence-corrected chi connectivity index (χ4v) is 4.13. The van der Waals surface area contributed by atoms with Gasteiger partial charge >= 0.3 is 5.63 Å². The highest BCUT2D eigenvalue weighted by Gasteiger charge is 2.24. The van der Waals surface area contributed by atoms with Gasteiger partial charge in [0.2, 0.25) is 0 Å². The average Bonchev–Trinajstić information content (AvgIpc) is 3.29. The van der Waals surface area contributed by atoms with E-state index < -0.39 is 5.63 Å². The predicted octanol–water partition coefficient (Wildman–Crippen LogP) is 5.28. The van der Waals surface area contributed by atoms with Crippen molar-refractivity contribution in [2.45, 2.75) is 44.9 Å². The van der Waals surface area contributed by atoms with Crippen LogP contribution < -0.4 is 5.63 Å². The molecule has 3 heterocycles. The minimum absolute atomic E-state index is 0.0204. The summed E-state index contributed by atoms with van der Waals surface area (Å²) in [4.78, 5) is 13.7. The van der Waals surface area contributed by atoms with E-state index in [9.17, 15) is 9.90 Å².